The number of fused-ring (bicyclic) bond motifs is 1. The summed E-state index contributed by atoms with van der Waals surface area (Å²) in [6, 6.07) is 6.33. The van der Waals surface area contributed by atoms with Crippen LogP contribution in [-0.2, 0) is 10.0 Å². The molecule has 2 aliphatic heterocycles. The van der Waals surface area contributed by atoms with Gasteiger partial charge in [0.2, 0.25) is 0 Å². The molecule has 1 amide bonds. The molecule has 0 aliphatic carbocycles. The van der Waals surface area contributed by atoms with Crippen LogP contribution in [-0.4, -0.2) is 43.3 Å². The number of carbonyl (C=O) groups excluding carboxylic acids is 1. The van der Waals surface area contributed by atoms with Crippen LogP contribution in [0.4, 0.5) is 0 Å². The maximum Gasteiger partial charge on any atom is 0.270 e. The smallest absolute Gasteiger partial charge is 0.270 e. The van der Waals surface area contributed by atoms with Gasteiger partial charge >= 0.3 is 0 Å². The Morgan fingerprint density at radius 3 is 2.50 bits per heavy atom. The van der Waals surface area contributed by atoms with Crippen LogP contribution in [0.3, 0.4) is 0 Å². The summed E-state index contributed by atoms with van der Waals surface area (Å²) in [4.78, 5) is 13.9. The molecule has 0 atom stereocenters. The first-order valence-corrected chi connectivity index (χ1v) is 6.43. The molecule has 0 radical (unpaired) electrons. The van der Waals surface area contributed by atoms with Gasteiger partial charge in [-0.3, -0.25) is 9.69 Å². The molecule has 1 aromatic carbocycles. The second-order valence-electron chi connectivity index (χ2n) is 3.91. The lowest BCUT2D eigenvalue weighted by atomic mass is 10.2. The van der Waals surface area contributed by atoms with Crippen molar-refractivity contribution in [3.8, 4) is 0 Å². The van der Waals surface area contributed by atoms with Crippen LogP contribution in [0, 0.1) is 0 Å². The summed E-state index contributed by atoms with van der Waals surface area (Å²) in [6.45, 7) is 1.89. The van der Waals surface area contributed by atoms with Crippen molar-refractivity contribution in [3.05, 3.63) is 29.8 Å². The lowest BCUT2D eigenvalue weighted by Crippen LogP contribution is -2.34. The maximum atomic E-state index is 12.0. The van der Waals surface area contributed by atoms with E-state index in [9.17, 15) is 13.2 Å². The van der Waals surface area contributed by atoms with Crippen LogP contribution in [0.15, 0.2) is 29.2 Å². The van der Waals surface area contributed by atoms with Crippen molar-refractivity contribution in [2.45, 2.75) is 4.90 Å². The second kappa shape index (κ2) is 3.05. The lowest BCUT2D eigenvalue weighted by Gasteiger charge is -2.14. The van der Waals surface area contributed by atoms with Crippen molar-refractivity contribution in [1.82, 2.24) is 9.21 Å². The molecular formula is C10H10N2O3S. The largest absolute Gasteiger partial charge is 0.282 e. The number of rotatable bonds is 2. The fraction of sp³-hybridized carbons (Fsp3) is 0.300. The predicted octanol–water partition coefficient (Wildman–Crippen LogP) is 0.104. The Morgan fingerprint density at radius 1 is 1.19 bits per heavy atom. The van der Waals surface area contributed by atoms with E-state index in [0.29, 0.717) is 0 Å². The zero-order valence-electron chi connectivity index (χ0n) is 8.46. The molecule has 16 heavy (non-hydrogen) atoms. The number of sulfonamides is 1. The molecule has 5 nitrogen and oxygen atoms in total. The Balaban J connectivity index is 2.09. The number of hydrogen-bond donors (Lipinski definition) is 0. The minimum atomic E-state index is -3.61. The summed E-state index contributed by atoms with van der Waals surface area (Å²) in [5, 5.41) is 0. The van der Waals surface area contributed by atoms with E-state index in [1.165, 1.54) is 6.07 Å². The molecule has 2 heterocycles. The third kappa shape index (κ3) is 1.27. The molecule has 6 heteroatoms. The molecule has 1 saturated heterocycles. The van der Waals surface area contributed by atoms with Crippen molar-refractivity contribution < 1.29 is 13.2 Å². The molecule has 0 saturated carbocycles. The van der Waals surface area contributed by atoms with Crippen molar-refractivity contribution in [2.24, 2.45) is 0 Å². The molecule has 84 valence electrons. The highest BCUT2D eigenvalue weighted by molar-refractivity contribution is 7.90. The van der Waals surface area contributed by atoms with Gasteiger partial charge < -0.3 is 0 Å². The second-order valence-corrected chi connectivity index (χ2v) is 5.75. The van der Waals surface area contributed by atoms with Crippen LogP contribution >= 0.6 is 0 Å². The molecule has 0 bridgehead atoms. The third-order valence-corrected chi connectivity index (χ3v) is 4.55. The van der Waals surface area contributed by atoms with Crippen LogP contribution in [0.25, 0.3) is 0 Å². The highest BCUT2D eigenvalue weighted by Crippen LogP contribution is 2.30. The van der Waals surface area contributed by atoms with Gasteiger partial charge in [0, 0.05) is 13.1 Å². The number of carbonyl (C=O) groups is 1. The molecule has 0 unspecified atom stereocenters. The SMILES string of the molecule is O=C1c2ccccc2S(=O)(=O)N1CN1CC1. The van der Waals surface area contributed by atoms with Crippen molar-refractivity contribution >= 4 is 15.9 Å². The van der Waals surface area contributed by atoms with Gasteiger partial charge in [0.1, 0.15) is 4.90 Å². The fourth-order valence-electron chi connectivity index (χ4n) is 1.76. The van der Waals surface area contributed by atoms with Crippen molar-refractivity contribution in [1.29, 1.82) is 0 Å². The van der Waals surface area contributed by atoms with Crippen molar-refractivity contribution in [3.63, 3.8) is 0 Å². The molecule has 3 rings (SSSR count). The van der Waals surface area contributed by atoms with E-state index in [0.717, 1.165) is 17.4 Å². The molecule has 0 spiro atoms. The van der Waals surface area contributed by atoms with Gasteiger partial charge in [-0.15, -0.1) is 0 Å². The molecule has 2 aliphatic rings. The Kier molecular flexibility index (Phi) is 1.87. The minimum absolute atomic E-state index is 0.127. The van der Waals surface area contributed by atoms with E-state index in [4.69, 9.17) is 0 Å². The van der Waals surface area contributed by atoms with Crippen molar-refractivity contribution in [2.75, 3.05) is 19.8 Å². The van der Waals surface area contributed by atoms with Crippen LogP contribution in [0.1, 0.15) is 10.4 Å². The van der Waals surface area contributed by atoms with E-state index in [-0.39, 0.29) is 17.1 Å². The summed E-state index contributed by atoms with van der Waals surface area (Å²) < 4.78 is 25.0. The highest BCUT2D eigenvalue weighted by atomic mass is 32.2. The van der Waals surface area contributed by atoms with Crippen LogP contribution in [0.2, 0.25) is 0 Å². The molecule has 1 fully saturated rings. The minimum Gasteiger partial charge on any atom is -0.282 e. The Morgan fingerprint density at radius 2 is 1.88 bits per heavy atom. The van der Waals surface area contributed by atoms with Gasteiger partial charge in [-0.05, 0) is 12.1 Å². The summed E-state index contributed by atoms with van der Waals surface area (Å²) >= 11 is 0. The third-order valence-electron chi connectivity index (χ3n) is 2.78. The first-order chi connectivity index (χ1) is 7.60. The Hall–Kier alpha value is -1.40. The van der Waals surface area contributed by atoms with E-state index in [1.807, 2.05) is 4.90 Å². The summed E-state index contributed by atoms with van der Waals surface area (Å²) in [6.07, 6.45) is 0. The molecule has 1 aromatic rings. The van der Waals surface area contributed by atoms with Crippen LogP contribution < -0.4 is 0 Å². The standard InChI is InChI=1S/C10H10N2O3S/c13-10-8-3-1-2-4-9(8)16(14,15)12(10)7-11-5-6-11/h1-4H,5-7H2. The molecule has 0 aromatic heterocycles. The summed E-state index contributed by atoms with van der Waals surface area (Å²) in [5.74, 6) is -0.414. The first-order valence-electron chi connectivity index (χ1n) is 4.99. The number of amides is 1. The predicted molar refractivity (Wildman–Crippen MR) is 56.2 cm³/mol. The van der Waals surface area contributed by atoms with Crippen LogP contribution in [0.5, 0.6) is 0 Å². The quantitative estimate of drug-likeness (QED) is 0.686. The van der Waals surface area contributed by atoms with Gasteiger partial charge in [0.25, 0.3) is 15.9 Å². The average Bonchev–Trinajstić information content (AvgIpc) is 3.05. The normalized spacial score (nSPS) is 22.2. The Labute approximate surface area is 93.3 Å². The number of hydrogen-bond acceptors (Lipinski definition) is 4. The molecule has 0 N–H and O–H groups in total. The highest BCUT2D eigenvalue weighted by Gasteiger charge is 2.42. The van der Waals surface area contributed by atoms with Gasteiger partial charge in [-0.1, -0.05) is 12.1 Å². The van der Waals surface area contributed by atoms with Gasteiger partial charge in [0.05, 0.1) is 12.2 Å². The van der Waals surface area contributed by atoms with E-state index >= 15 is 0 Å². The average molecular weight is 238 g/mol. The first kappa shape index (κ1) is 9.80. The Bertz CT molecular complexity index is 563. The summed E-state index contributed by atoms with van der Waals surface area (Å²) in [5.41, 5.74) is 0.282. The number of nitrogens with zero attached hydrogens (tertiary/aromatic N) is 2. The van der Waals surface area contributed by atoms with E-state index in [2.05, 4.69) is 0 Å². The maximum absolute atomic E-state index is 12.0. The van der Waals surface area contributed by atoms with Gasteiger partial charge in [-0.2, -0.15) is 0 Å². The lowest BCUT2D eigenvalue weighted by molar-refractivity contribution is 0.0848. The van der Waals surface area contributed by atoms with Gasteiger partial charge in [-0.25, -0.2) is 12.7 Å². The van der Waals surface area contributed by atoms with Gasteiger partial charge in [0.15, 0.2) is 0 Å². The number of benzene rings is 1. The van der Waals surface area contributed by atoms with E-state index in [1.54, 1.807) is 18.2 Å². The zero-order chi connectivity index (χ0) is 11.3. The topological polar surface area (TPSA) is 57.5 Å². The zero-order valence-corrected chi connectivity index (χ0v) is 9.27. The fourth-order valence-corrected chi connectivity index (χ4v) is 3.32. The monoisotopic (exact) mass is 238 g/mol. The molecular weight excluding hydrogens is 228 g/mol. The van der Waals surface area contributed by atoms with E-state index < -0.39 is 15.9 Å². The summed E-state index contributed by atoms with van der Waals surface area (Å²) in [7, 11) is -3.61.